The summed E-state index contributed by atoms with van der Waals surface area (Å²) in [5.41, 5.74) is 9.15. The SMILES string of the molecule is CCn1cc([C@@H](C)N=[N+]=[N-])cn1. The zero-order valence-corrected chi connectivity index (χ0v) is 7.18. The first-order valence-electron chi connectivity index (χ1n) is 3.84. The van der Waals surface area contributed by atoms with Crippen molar-refractivity contribution in [2.45, 2.75) is 26.4 Å². The standard InChI is InChI=1S/C7H11N5/c1-3-12-5-7(4-9-12)6(2)10-11-8/h4-6H,3H2,1-2H3/t6-/m1/s1. The summed E-state index contributed by atoms with van der Waals surface area (Å²) in [5, 5.41) is 7.64. The van der Waals surface area contributed by atoms with Crippen LogP contribution in [-0.2, 0) is 6.54 Å². The van der Waals surface area contributed by atoms with Gasteiger partial charge in [0.05, 0.1) is 12.2 Å². The van der Waals surface area contributed by atoms with Gasteiger partial charge in [-0.1, -0.05) is 12.0 Å². The molecule has 1 rings (SSSR count). The molecule has 1 atom stereocenters. The fourth-order valence-corrected chi connectivity index (χ4v) is 0.912. The highest BCUT2D eigenvalue weighted by atomic mass is 15.3. The van der Waals surface area contributed by atoms with Crippen LogP contribution in [0.1, 0.15) is 25.5 Å². The van der Waals surface area contributed by atoms with Crippen LogP contribution in [0.4, 0.5) is 0 Å². The first kappa shape index (κ1) is 8.62. The lowest BCUT2D eigenvalue weighted by Crippen LogP contribution is -1.92. The number of aryl methyl sites for hydroxylation is 1. The quantitative estimate of drug-likeness (QED) is 0.385. The lowest BCUT2D eigenvalue weighted by molar-refractivity contribution is 0.658. The van der Waals surface area contributed by atoms with Crippen LogP contribution >= 0.6 is 0 Å². The first-order valence-corrected chi connectivity index (χ1v) is 3.84. The molecule has 0 aliphatic carbocycles. The van der Waals surface area contributed by atoms with Crippen LogP contribution < -0.4 is 0 Å². The molecule has 0 aromatic carbocycles. The van der Waals surface area contributed by atoms with E-state index in [1.807, 2.05) is 20.0 Å². The van der Waals surface area contributed by atoms with E-state index in [4.69, 9.17) is 5.53 Å². The molecule has 5 nitrogen and oxygen atoms in total. The monoisotopic (exact) mass is 165 g/mol. The summed E-state index contributed by atoms with van der Waals surface area (Å²) in [6, 6.07) is -0.129. The molecule has 0 unspecified atom stereocenters. The van der Waals surface area contributed by atoms with E-state index in [0.717, 1.165) is 12.1 Å². The smallest absolute Gasteiger partial charge is 0.0627 e. The number of azide groups is 1. The zero-order chi connectivity index (χ0) is 8.97. The van der Waals surface area contributed by atoms with Gasteiger partial charge in [-0.2, -0.15) is 5.10 Å². The van der Waals surface area contributed by atoms with Gasteiger partial charge in [-0.15, -0.1) is 0 Å². The molecule has 5 heteroatoms. The summed E-state index contributed by atoms with van der Waals surface area (Å²) in [7, 11) is 0. The van der Waals surface area contributed by atoms with Crippen LogP contribution in [0.3, 0.4) is 0 Å². The molecule has 0 aliphatic heterocycles. The Morgan fingerprint density at radius 3 is 3.08 bits per heavy atom. The molecule has 0 saturated carbocycles. The third-order valence-corrected chi connectivity index (χ3v) is 1.68. The van der Waals surface area contributed by atoms with Gasteiger partial charge < -0.3 is 0 Å². The molecule has 0 saturated heterocycles. The van der Waals surface area contributed by atoms with Crippen molar-refractivity contribution in [2.75, 3.05) is 0 Å². The van der Waals surface area contributed by atoms with Crippen LogP contribution in [-0.4, -0.2) is 9.78 Å². The molecule has 0 aliphatic rings. The van der Waals surface area contributed by atoms with Gasteiger partial charge in [-0.25, -0.2) is 0 Å². The Morgan fingerprint density at radius 2 is 2.58 bits per heavy atom. The molecule has 0 N–H and O–H groups in total. The molecule has 0 bridgehead atoms. The maximum atomic E-state index is 8.19. The van der Waals surface area contributed by atoms with Gasteiger partial charge in [0.1, 0.15) is 0 Å². The Balaban J connectivity index is 2.81. The molecule has 12 heavy (non-hydrogen) atoms. The predicted molar refractivity (Wildman–Crippen MR) is 45.5 cm³/mol. The van der Waals surface area contributed by atoms with Crippen molar-refractivity contribution in [1.29, 1.82) is 0 Å². The summed E-state index contributed by atoms with van der Waals surface area (Å²) >= 11 is 0. The van der Waals surface area contributed by atoms with Crippen LogP contribution in [0.25, 0.3) is 10.4 Å². The minimum absolute atomic E-state index is 0.129. The summed E-state index contributed by atoms with van der Waals surface area (Å²) in [4.78, 5) is 2.74. The number of nitrogens with zero attached hydrogens (tertiary/aromatic N) is 5. The molecule has 0 fully saturated rings. The average molecular weight is 165 g/mol. The van der Waals surface area contributed by atoms with E-state index in [9.17, 15) is 0 Å². The van der Waals surface area contributed by atoms with E-state index >= 15 is 0 Å². The normalized spacial score (nSPS) is 12.2. The van der Waals surface area contributed by atoms with Gasteiger partial charge in [0.15, 0.2) is 0 Å². The van der Waals surface area contributed by atoms with Crippen molar-refractivity contribution in [1.82, 2.24) is 9.78 Å². The van der Waals surface area contributed by atoms with Gasteiger partial charge in [0.2, 0.25) is 0 Å². The molecule has 1 heterocycles. The molecular weight excluding hydrogens is 154 g/mol. The van der Waals surface area contributed by atoms with Crippen LogP contribution in [0.5, 0.6) is 0 Å². The van der Waals surface area contributed by atoms with E-state index in [1.54, 1.807) is 10.9 Å². The number of hydrogen-bond acceptors (Lipinski definition) is 2. The van der Waals surface area contributed by atoms with Crippen LogP contribution in [0.15, 0.2) is 17.5 Å². The van der Waals surface area contributed by atoms with Gasteiger partial charge in [-0.3, -0.25) is 4.68 Å². The Morgan fingerprint density at radius 1 is 1.83 bits per heavy atom. The Labute approximate surface area is 70.6 Å². The second kappa shape index (κ2) is 3.78. The van der Waals surface area contributed by atoms with Crippen molar-refractivity contribution in [2.24, 2.45) is 5.11 Å². The molecule has 0 amide bonds. The average Bonchev–Trinajstić information content (AvgIpc) is 2.52. The molecular formula is C7H11N5. The summed E-state index contributed by atoms with van der Waals surface area (Å²) < 4.78 is 1.80. The van der Waals surface area contributed by atoms with E-state index in [1.165, 1.54) is 0 Å². The number of aromatic nitrogens is 2. The van der Waals surface area contributed by atoms with Crippen molar-refractivity contribution in [3.63, 3.8) is 0 Å². The topological polar surface area (TPSA) is 66.6 Å². The molecule has 64 valence electrons. The summed E-state index contributed by atoms with van der Waals surface area (Å²) in [6.45, 7) is 4.69. The van der Waals surface area contributed by atoms with E-state index in [-0.39, 0.29) is 6.04 Å². The van der Waals surface area contributed by atoms with Gasteiger partial charge in [0, 0.05) is 17.7 Å². The maximum absolute atomic E-state index is 8.19. The highest BCUT2D eigenvalue weighted by Crippen LogP contribution is 2.14. The molecule has 0 spiro atoms. The minimum atomic E-state index is -0.129. The lowest BCUT2D eigenvalue weighted by atomic mass is 10.2. The van der Waals surface area contributed by atoms with Crippen LogP contribution in [0.2, 0.25) is 0 Å². The van der Waals surface area contributed by atoms with Gasteiger partial charge >= 0.3 is 0 Å². The zero-order valence-electron chi connectivity index (χ0n) is 7.18. The largest absolute Gasteiger partial charge is 0.273 e. The first-order chi connectivity index (χ1) is 5.77. The van der Waals surface area contributed by atoms with Gasteiger partial charge in [-0.05, 0) is 18.0 Å². The fraction of sp³-hybridized carbons (Fsp3) is 0.571. The van der Waals surface area contributed by atoms with E-state index in [2.05, 4.69) is 15.1 Å². The van der Waals surface area contributed by atoms with Crippen LogP contribution in [0, 0.1) is 0 Å². The predicted octanol–water partition coefficient (Wildman–Crippen LogP) is 2.27. The minimum Gasteiger partial charge on any atom is -0.273 e. The molecule has 0 radical (unpaired) electrons. The Hall–Kier alpha value is -1.48. The summed E-state index contributed by atoms with van der Waals surface area (Å²) in [5.74, 6) is 0. The second-order valence-corrected chi connectivity index (χ2v) is 2.51. The lowest BCUT2D eigenvalue weighted by Gasteiger charge is -1.97. The van der Waals surface area contributed by atoms with Gasteiger partial charge in [0.25, 0.3) is 0 Å². The third kappa shape index (κ3) is 1.77. The molecule has 1 aromatic rings. The second-order valence-electron chi connectivity index (χ2n) is 2.51. The Bertz CT molecular complexity index is 297. The number of rotatable bonds is 3. The third-order valence-electron chi connectivity index (χ3n) is 1.68. The van der Waals surface area contributed by atoms with Crippen molar-refractivity contribution < 1.29 is 0 Å². The van der Waals surface area contributed by atoms with E-state index < -0.39 is 0 Å². The number of hydrogen-bond donors (Lipinski definition) is 0. The maximum Gasteiger partial charge on any atom is 0.0627 e. The fourth-order valence-electron chi connectivity index (χ4n) is 0.912. The highest BCUT2D eigenvalue weighted by Gasteiger charge is 2.04. The van der Waals surface area contributed by atoms with Crippen molar-refractivity contribution in [3.05, 3.63) is 28.4 Å². The van der Waals surface area contributed by atoms with E-state index in [0.29, 0.717) is 0 Å². The highest BCUT2D eigenvalue weighted by molar-refractivity contribution is 5.09. The Kier molecular flexibility index (Phi) is 2.71. The summed E-state index contributed by atoms with van der Waals surface area (Å²) in [6.07, 6.45) is 3.61. The van der Waals surface area contributed by atoms with Crippen molar-refractivity contribution in [3.8, 4) is 0 Å². The molecule has 1 aromatic heterocycles. The van der Waals surface area contributed by atoms with Crippen molar-refractivity contribution >= 4 is 0 Å².